The van der Waals surface area contributed by atoms with E-state index < -0.39 is 0 Å². The van der Waals surface area contributed by atoms with Crippen molar-refractivity contribution in [3.8, 4) is 0 Å². The van der Waals surface area contributed by atoms with E-state index in [0.29, 0.717) is 5.41 Å². The van der Waals surface area contributed by atoms with Crippen LogP contribution < -0.4 is 5.32 Å². The number of hydrogen-bond acceptors (Lipinski definition) is 2. The van der Waals surface area contributed by atoms with Gasteiger partial charge in [0.05, 0.1) is 6.33 Å². The third-order valence-electron chi connectivity index (χ3n) is 3.63. The van der Waals surface area contributed by atoms with E-state index in [2.05, 4.69) is 29.1 Å². The van der Waals surface area contributed by atoms with E-state index in [1.807, 2.05) is 6.20 Å². The molecule has 1 aromatic rings. The second-order valence-corrected chi connectivity index (χ2v) is 5.63. The van der Waals surface area contributed by atoms with Crippen molar-refractivity contribution in [2.24, 2.45) is 11.3 Å². The summed E-state index contributed by atoms with van der Waals surface area (Å²) in [5.74, 6) is 0.814. The first-order valence-electron chi connectivity index (χ1n) is 6.38. The number of H-pyrrole nitrogens is 1. The smallest absolute Gasteiger partial charge is 0.0922 e. The van der Waals surface area contributed by atoms with Crippen molar-refractivity contribution in [2.45, 2.75) is 46.1 Å². The molecule has 0 radical (unpaired) electrons. The minimum atomic E-state index is 0.591. The summed E-state index contributed by atoms with van der Waals surface area (Å²) in [7, 11) is 0. The van der Waals surface area contributed by atoms with Crippen molar-refractivity contribution in [3.05, 3.63) is 18.2 Å². The van der Waals surface area contributed by atoms with E-state index in [1.54, 1.807) is 6.33 Å². The Balaban J connectivity index is 1.75. The SMILES string of the molecule is CC(C)CC1(CNCc2cnc[nH]2)CCC1. The summed E-state index contributed by atoms with van der Waals surface area (Å²) in [5.41, 5.74) is 1.77. The second kappa shape index (κ2) is 5.00. The molecule has 0 amide bonds. The van der Waals surface area contributed by atoms with Crippen molar-refractivity contribution in [2.75, 3.05) is 6.54 Å². The Hall–Kier alpha value is -0.830. The highest BCUT2D eigenvalue weighted by Gasteiger charge is 2.36. The molecule has 0 bridgehead atoms. The minimum Gasteiger partial charge on any atom is -0.347 e. The van der Waals surface area contributed by atoms with E-state index in [-0.39, 0.29) is 0 Å². The summed E-state index contributed by atoms with van der Waals surface area (Å²) in [6.45, 7) is 6.73. The molecule has 0 unspecified atom stereocenters. The van der Waals surface area contributed by atoms with Crippen LogP contribution in [0.1, 0.15) is 45.2 Å². The first kappa shape index (κ1) is 11.6. The lowest BCUT2D eigenvalue weighted by molar-refractivity contribution is 0.0978. The first-order valence-corrected chi connectivity index (χ1v) is 6.38. The maximum absolute atomic E-state index is 4.02. The van der Waals surface area contributed by atoms with Gasteiger partial charge in [-0.1, -0.05) is 20.3 Å². The van der Waals surface area contributed by atoms with Gasteiger partial charge in [-0.3, -0.25) is 0 Å². The molecule has 0 spiro atoms. The van der Waals surface area contributed by atoms with Crippen molar-refractivity contribution in [1.29, 1.82) is 0 Å². The van der Waals surface area contributed by atoms with Gasteiger partial charge < -0.3 is 10.3 Å². The molecule has 3 nitrogen and oxygen atoms in total. The van der Waals surface area contributed by atoms with Crippen LogP contribution in [0.2, 0.25) is 0 Å². The fraction of sp³-hybridized carbons (Fsp3) is 0.769. The Morgan fingerprint density at radius 2 is 2.31 bits per heavy atom. The molecule has 90 valence electrons. The average molecular weight is 221 g/mol. The topological polar surface area (TPSA) is 40.7 Å². The summed E-state index contributed by atoms with van der Waals surface area (Å²) in [6, 6.07) is 0. The number of hydrogen-bond donors (Lipinski definition) is 2. The van der Waals surface area contributed by atoms with Gasteiger partial charge in [0.1, 0.15) is 0 Å². The summed E-state index contributed by atoms with van der Waals surface area (Å²) in [5, 5.41) is 3.56. The van der Waals surface area contributed by atoms with Crippen molar-refractivity contribution >= 4 is 0 Å². The van der Waals surface area contributed by atoms with Crippen LogP contribution in [0, 0.1) is 11.3 Å². The van der Waals surface area contributed by atoms with Crippen LogP contribution in [0.3, 0.4) is 0 Å². The van der Waals surface area contributed by atoms with Gasteiger partial charge in [-0.15, -0.1) is 0 Å². The number of rotatable bonds is 6. The highest BCUT2D eigenvalue weighted by atomic mass is 14.9. The van der Waals surface area contributed by atoms with Crippen LogP contribution in [0.5, 0.6) is 0 Å². The van der Waals surface area contributed by atoms with E-state index in [0.717, 1.165) is 19.0 Å². The third-order valence-corrected chi connectivity index (χ3v) is 3.63. The molecular formula is C13H23N3. The molecule has 0 aliphatic heterocycles. The number of nitrogens with zero attached hydrogens (tertiary/aromatic N) is 1. The predicted octanol–water partition coefficient (Wildman–Crippen LogP) is 2.72. The Morgan fingerprint density at radius 3 is 2.81 bits per heavy atom. The van der Waals surface area contributed by atoms with E-state index in [9.17, 15) is 0 Å². The van der Waals surface area contributed by atoms with Crippen LogP contribution in [-0.4, -0.2) is 16.5 Å². The highest BCUT2D eigenvalue weighted by molar-refractivity contribution is 4.95. The Bertz CT molecular complexity index is 299. The zero-order valence-corrected chi connectivity index (χ0v) is 10.4. The van der Waals surface area contributed by atoms with Crippen molar-refractivity contribution in [1.82, 2.24) is 15.3 Å². The molecule has 1 fully saturated rings. The van der Waals surface area contributed by atoms with E-state index in [1.165, 1.54) is 31.4 Å². The van der Waals surface area contributed by atoms with Crippen molar-refractivity contribution < 1.29 is 0 Å². The largest absolute Gasteiger partial charge is 0.347 e. The molecule has 3 heteroatoms. The second-order valence-electron chi connectivity index (χ2n) is 5.63. The van der Waals surface area contributed by atoms with Crippen LogP contribution in [-0.2, 0) is 6.54 Å². The van der Waals surface area contributed by atoms with E-state index >= 15 is 0 Å². The molecule has 2 rings (SSSR count). The number of imidazole rings is 1. The molecule has 16 heavy (non-hydrogen) atoms. The van der Waals surface area contributed by atoms with E-state index in [4.69, 9.17) is 0 Å². The standard InChI is InChI=1S/C13H23N3/c1-11(2)6-13(4-3-5-13)9-14-7-12-8-15-10-16-12/h8,10-11,14H,3-7,9H2,1-2H3,(H,15,16). The van der Waals surface area contributed by atoms with Gasteiger partial charge in [0.2, 0.25) is 0 Å². The Morgan fingerprint density at radius 1 is 1.50 bits per heavy atom. The summed E-state index contributed by atoms with van der Waals surface area (Å²) < 4.78 is 0. The minimum absolute atomic E-state index is 0.591. The summed E-state index contributed by atoms with van der Waals surface area (Å²) in [4.78, 5) is 7.15. The fourth-order valence-electron chi connectivity index (χ4n) is 2.84. The lowest BCUT2D eigenvalue weighted by Gasteiger charge is -2.43. The van der Waals surface area contributed by atoms with Gasteiger partial charge in [-0.05, 0) is 30.6 Å². The van der Waals surface area contributed by atoms with Gasteiger partial charge in [-0.25, -0.2) is 4.98 Å². The lowest BCUT2D eigenvalue weighted by Crippen LogP contribution is -2.40. The quantitative estimate of drug-likeness (QED) is 0.775. The third kappa shape index (κ3) is 2.85. The molecule has 0 saturated heterocycles. The molecule has 1 saturated carbocycles. The fourth-order valence-corrected chi connectivity index (χ4v) is 2.84. The summed E-state index contributed by atoms with van der Waals surface area (Å²) >= 11 is 0. The van der Waals surface area contributed by atoms with Gasteiger partial charge in [0, 0.05) is 25.0 Å². The molecule has 0 atom stereocenters. The van der Waals surface area contributed by atoms with Crippen LogP contribution in [0.15, 0.2) is 12.5 Å². The molecule has 1 aromatic heterocycles. The summed E-state index contributed by atoms with van der Waals surface area (Å²) in [6.07, 6.45) is 9.22. The zero-order chi connectivity index (χ0) is 11.4. The lowest BCUT2D eigenvalue weighted by atomic mass is 9.64. The van der Waals surface area contributed by atoms with Crippen LogP contribution >= 0.6 is 0 Å². The van der Waals surface area contributed by atoms with Gasteiger partial charge in [0.25, 0.3) is 0 Å². The molecule has 0 aromatic carbocycles. The van der Waals surface area contributed by atoms with Crippen molar-refractivity contribution in [3.63, 3.8) is 0 Å². The van der Waals surface area contributed by atoms with Crippen LogP contribution in [0.4, 0.5) is 0 Å². The molecular weight excluding hydrogens is 198 g/mol. The maximum Gasteiger partial charge on any atom is 0.0922 e. The Kier molecular flexibility index (Phi) is 3.64. The number of aromatic amines is 1. The van der Waals surface area contributed by atoms with Gasteiger partial charge in [0.15, 0.2) is 0 Å². The first-order chi connectivity index (χ1) is 7.70. The number of aromatic nitrogens is 2. The van der Waals surface area contributed by atoms with Crippen LogP contribution in [0.25, 0.3) is 0 Å². The monoisotopic (exact) mass is 221 g/mol. The molecule has 1 aliphatic rings. The molecule has 2 N–H and O–H groups in total. The predicted molar refractivity (Wildman–Crippen MR) is 66.0 cm³/mol. The van der Waals surface area contributed by atoms with Gasteiger partial charge in [-0.2, -0.15) is 0 Å². The maximum atomic E-state index is 4.02. The average Bonchev–Trinajstić information content (AvgIpc) is 2.66. The van der Waals surface area contributed by atoms with Gasteiger partial charge >= 0.3 is 0 Å². The zero-order valence-electron chi connectivity index (χ0n) is 10.4. The highest BCUT2D eigenvalue weighted by Crippen LogP contribution is 2.45. The molecule has 1 aliphatic carbocycles. The Labute approximate surface area is 98.1 Å². The molecule has 1 heterocycles. The normalized spacial score (nSPS) is 18.7. The number of nitrogens with one attached hydrogen (secondary N) is 2.